The normalized spacial score (nSPS) is 18.3. The molecule has 3 aromatic heterocycles. The maximum Gasteiger partial charge on any atom is 0.258 e. The summed E-state index contributed by atoms with van der Waals surface area (Å²) in [5.74, 6) is 2.28. The molecule has 8 heteroatoms. The molecule has 0 unspecified atom stereocenters. The molecule has 0 spiro atoms. The molecule has 0 aromatic carbocycles. The summed E-state index contributed by atoms with van der Waals surface area (Å²) in [6.45, 7) is 4.11. The molecule has 8 nitrogen and oxygen atoms in total. The summed E-state index contributed by atoms with van der Waals surface area (Å²) >= 11 is 0. The van der Waals surface area contributed by atoms with Gasteiger partial charge in [-0.1, -0.05) is 18.0 Å². The number of piperidine rings is 1. The Bertz CT molecular complexity index is 1030. The van der Waals surface area contributed by atoms with Gasteiger partial charge in [-0.3, -0.25) is 14.5 Å². The molecule has 0 bridgehead atoms. The number of amides is 1. The average molecular weight is 421 g/mol. The van der Waals surface area contributed by atoms with Crippen molar-refractivity contribution in [3.8, 4) is 11.5 Å². The van der Waals surface area contributed by atoms with Crippen LogP contribution in [0.3, 0.4) is 0 Å². The largest absolute Gasteiger partial charge is 0.343 e. The molecule has 4 heterocycles. The van der Waals surface area contributed by atoms with Crippen LogP contribution in [0, 0.1) is 12.8 Å². The number of hydrogen-bond acceptors (Lipinski definition) is 6. The predicted molar refractivity (Wildman–Crippen MR) is 114 cm³/mol. The van der Waals surface area contributed by atoms with Crippen molar-refractivity contribution in [2.24, 2.45) is 5.92 Å². The quantitative estimate of drug-likeness (QED) is 0.582. The summed E-state index contributed by atoms with van der Waals surface area (Å²) in [6.07, 6.45) is 13.1. The Kier molecular flexibility index (Phi) is 5.29. The van der Waals surface area contributed by atoms with Gasteiger partial charge in [0.1, 0.15) is 0 Å². The molecule has 0 N–H and O–H groups in total. The highest BCUT2D eigenvalue weighted by Crippen LogP contribution is 2.46. The van der Waals surface area contributed by atoms with E-state index in [1.165, 1.54) is 12.8 Å². The zero-order valence-electron chi connectivity index (χ0n) is 17.9. The number of likely N-dealkylation sites (tertiary alicyclic amines) is 1. The topological polar surface area (TPSA) is 89.9 Å². The van der Waals surface area contributed by atoms with E-state index in [1.807, 2.05) is 41.0 Å². The molecule has 1 amide bonds. The van der Waals surface area contributed by atoms with Crippen LogP contribution >= 0.6 is 0 Å². The number of hydrogen-bond donors (Lipinski definition) is 0. The van der Waals surface area contributed by atoms with Gasteiger partial charge in [0.15, 0.2) is 5.82 Å². The zero-order valence-corrected chi connectivity index (χ0v) is 17.9. The maximum absolute atomic E-state index is 12.8. The molecule has 3 aromatic rings. The number of carbonyl (C=O) groups excluding carboxylic acids is 1. The van der Waals surface area contributed by atoms with Crippen molar-refractivity contribution in [1.82, 2.24) is 29.8 Å². The Morgan fingerprint density at radius 1 is 1.23 bits per heavy atom. The second-order valence-electron chi connectivity index (χ2n) is 9.00. The number of aryl methyl sites for hydroxylation is 2. The van der Waals surface area contributed by atoms with Crippen LogP contribution in [-0.2, 0) is 16.8 Å². The highest BCUT2D eigenvalue weighted by Gasteiger charge is 2.44. The van der Waals surface area contributed by atoms with E-state index >= 15 is 0 Å². The molecule has 5 rings (SSSR count). The fraction of sp³-hybridized carbons (Fsp3) is 0.522. The number of aromatic nitrogens is 5. The van der Waals surface area contributed by atoms with Crippen LogP contribution in [0.4, 0.5) is 0 Å². The van der Waals surface area contributed by atoms with Gasteiger partial charge in [0.05, 0.1) is 6.20 Å². The standard InChI is InChI=1S/C23H28N6O2/c1-17-15-25-29(16-17)11-6-20(30)28-12-7-23(8-13-28,14-18-2-3-18)22-26-21(31-27-22)19-4-9-24-10-5-19/h4-5,9-10,15-16,18H,2-3,6-8,11-14H2,1H3. The van der Waals surface area contributed by atoms with E-state index in [-0.39, 0.29) is 11.3 Å². The minimum atomic E-state index is -0.105. The van der Waals surface area contributed by atoms with E-state index in [0.717, 1.165) is 55.2 Å². The van der Waals surface area contributed by atoms with Crippen LogP contribution in [0.2, 0.25) is 0 Å². The van der Waals surface area contributed by atoms with Gasteiger partial charge < -0.3 is 9.42 Å². The monoisotopic (exact) mass is 420 g/mol. The van der Waals surface area contributed by atoms with Gasteiger partial charge in [0.2, 0.25) is 5.91 Å². The lowest BCUT2D eigenvalue weighted by Gasteiger charge is -2.40. The summed E-state index contributed by atoms with van der Waals surface area (Å²) in [5.41, 5.74) is 1.89. The van der Waals surface area contributed by atoms with Crippen LogP contribution < -0.4 is 0 Å². The van der Waals surface area contributed by atoms with E-state index in [0.29, 0.717) is 18.9 Å². The summed E-state index contributed by atoms with van der Waals surface area (Å²) in [4.78, 5) is 23.6. The molecule has 2 aliphatic rings. The molecule has 0 radical (unpaired) electrons. The van der Waals surface area contributed by atoms with Gasteiger partial charge in [-0.05, 0) is 49.8 Å². The molecule has 162 valence electrons. The average Bonchev–Trinajstić information content (AvgIpc) is 3.28. The maximum atomic E-state index is 12.8. The smallest absolute Gasteiger partial charge is 0.258 e. The van der Waals surface area contributed by atoms with Crippen molar-refractivity contribution >= 4 is 5.91 Å². The molecule has 1 saturated heterocycles. The van der Waals surface area contributed by atoms with Gasteiger partial charge in [-0.25, -0.2) is 0 Å². The lowest BCUT2D eigenvalue weighted by atomic mass is 9.73. The molecular weight excluding hydrogens is 392 g/mol. The Morgan fingerprint density at radius 2 is 2.00 bits per heavy atom. The number of carbonyl (C=O) groups is 1. The Morgan fingerprint density at radius 3 is 2.68 bits per heavy atom. The minimum Gasteiger partial charge on any atom is -0.343 e. The summed E-state index contributed by atoms with van der Waals surface area (Å²) in [6, 6.07) is 3.76. The summed E-state index contributed by atoms with van der Waals surface area (Å²) in [5, 5.41) is 8.67. The Hall–Kier alpha value is -3.03. The lowest BCUT2D eigenvalue weighted by molar-refractivity contribution is -0.133. The van der Waals surface area contributed by atoms with Gasteiger partial charge in [0, 0.05) is 55.6 Å². The predicted octanol–water partition coefficient (Wildman–Crippen LogP) is 3.39. The fourth-order valence-electron chi connectivity index (χ4n) is 4.59. The second kappa shape index (κ2) is 8.24. The summed E-state index contributed by atoms with van der Waals surface area (Å²) < 4.78 is 7.46. The Labute approximate surface area is 181 Å². The first-order valence-electron chi connectivity index (χ1n) is 11.1. The van der Waals surface area contributed by atoms with Gasteiger partial charge in [0.25, 0.3) is 5.89 Å². The number of pyridine rings is 1. The van der Waals surface area contributed by atoms with Crippen LogP contribution in [0.15, 0.2) is 41.4 Å². The third kappa shape index (κ3) is 4.38. The molecular formula is C23H28N6O2. The van der Waals surface area contributed by atoms with Crippen molar-refractivity contribution in [2.75, 3.05) is 13.1 Å². The van der Waals surface area contributed by atoms with E-state index in [1.54, 1.807) is 12.4 Å². The zero-order chi connectivity index (χ0) is 21.3. The summed E-state index contributed by atoms with van der Waals surface area (Å²) in [7, 11) is 0. The van der Waals surface area contributed by atoms with Crippen molar-refractivity contribution in [1.29, 1.82) is 0 Å². The third-order valence-electron chi connectivity index (χ3n) is 6.59. The van der Waals surface area contributed by atoms with Crippen LogP contribution in [0.1, 0.15) is 49.9 Å². The van der Waals surface area contributed by atoms with E-state index in [9.17, 15) is 4.79 Å². The first-order chi connectivity index (χ1) is 15.1. The SMILES string of the molecule is Cc1cnn(CCC(=O)N2CCC(CC3CC3)(c3noc(-c4ccncc4)n3)CC2)c1. The van der Waals surface area contributed by atoms with Gasteiger partial charge in [-0.2, -0.15) is 10.1 Å². The molecule has 0 atom stereocenters. The van der Waals surface area contributed by atoms with Crippen molar-refractivity contribution < 1.29 is 9.32 Å². The van der Waals surface area contributed by atoms with Crippen LogP contribution in [-0.4, -0.2) is 48.8 Å². The highest BCUT2D eigenvalue weighted by atomic mass is 16.5. The number of nitrogens with zero attached hydrogens (tertiary/aromatic N) is 6. The van der Waals surface area contributed by atoms with Crippen LogP contribution in [0.5, 0.6) is 0 Å². The number of rotatable bonds is 7. The molecule has 31 heavy (non-hydrogen) atoms. The molecule has 1 aliphatic heterocycles. The fourth-order valence-corrected chi connectivity index (χ4v) is 4.59. The lowest BCUT2D eigenvalue weighted by Crippen LogP contribution is -2.46. The van der Waals surface area contributed by atoms with Gasteiger partial charge >= 0.3 is 0 Å². The van der Waals surface area contributed by atoms with Crippen molar-refractivity contribution in [3.05, 3.63) is 48.3 Å². The van der Waals surface area contributed by atoms with Crippen molar-refractivity contribution in [2.45, 2.75) is 57.4 Å². The second-order valence-corrected chi connectivity index (χ2v) is 9.00. The van der Waals surface area contributed by atoms with E-state index in [4.69, 9.17) is 9.51 Å². The van der Waals surface area contributed by atoms with Crippen LogP contribution in [0.25, 0.3) is 11.5 Å². The first-order valence-corrected chi connectivity index (χ1v) is 11.1. The van der Waals surface area contributed by atoms with Gasteiger partial charge in [-0.15, -0.1) is 0 Å². The third-order valence-corrected chi connectivity index (χ3v) is 6.59. The van der Waals surface area contributed by atoms with E-state index < -0.39 is 0 Å². The van der Waals surface area contributed by atoms with Crippen molar-refractivity contribution in [3.63, 3.8) is 0 Å². The first kappa shape index (κ1) is 19.9. The van der Waals surface area contributed by atoms with E-state index in [2.05, 4.69) is 15.2 Å². The Balaban J connectivity index is 1.26. The molecule has 1 aliphatic carbocycles. The highest BCUT2D eigenvalue weighted by molar-refractivity contribution is 5.76. The minimum absolute atomic E-state index is 0.105. The molecule has 1 saturated carbocycles. The molecule has 2 fully saturated rings.